The highest BCUT2D eigenvalue weighted by Crippen LogP contribution is 2.20. The summed E-state index contributed by atoms with van der Waals surface area (Å²) in [6, 6.07) is 4.08. The van der Waals surface area contributed by atoms with Crippen molar-refractivity contribution in [1.29, 1.82) is 0 Å². The first-order valence-electron chi connectivity index (χ1n) is 7.10. The third-order valence-corrected chi connectivity index (χ3v) is 2.92. The zero-order valence-electron chi connectivity index (χ0n) is 12.2. The number of halogens is 1. The van der Waals surface area contributed by atoms with E-state index in [-0.39, 0.29) is 17.5 Å². The van der Waals surface area contributed by atoms with Crippen molar-refractivity contribution < 1.29 is 14.0 Å². The van der Waals surface area contributed by atoms with Gasteiger partial charge in [-0.25, -0.2) is 4.39 Å². The lowest BCUT2D eigenvalue weighted by Crippen LogP contribution is -2.12. The lowest BCUT2D eigenvalue weighted by atomic mass is 10.1. The van der Waals surface area contributed by atoms with Gasteiger partial charge >= 0.3 is 0 Å². The van der Waals surface area contributed by atoms with E-state index in [0.29, 0.717) is 18.7 Å². The number of amides is 2. The van der Waals surface area contributed by atoms with Crippen molar-refractivity contribution in [3.8, 4) is 0 Å². The Balaban J connectivity index is 2.46. The average Bonchev–Trinajstić information content (AvgIpc) is 2.42. The van der Waals surface area contributed by atoms with Crippen LogP contribution in [-0.4, -0.2) is 18.4 Å². The third kappa shape index (κ3) is 6.85. The first-order valence-corrected chi connectivity index (χ1v) is 7.10. The van der Waals surface area contributed by atoms with Gasteiger partial charge in [0.1, 0.15) is 5.82 Å². The second-order valence-electron chi connectivity index (χ2n) is 4.88. The smallest absolute Gasteiger partial charge is 0.224 e. The monoisotopic (exact) mass is 295 g/mol. The normalized spacial score (nSPS) is 10.2. The van der Waals surface area contributed by atoms with E-state index in [9.17, 15) is 14.0 Å². The van der Waals surface area contributed by atoms with Crippen LogP contribution < -0.4 is 16.4 Å². The third-order valence-electron chi connectivity index (χ3n) is 2.92. The molecule has 21 heavy (non-hydrogen) atoms. The topological polar surface area (TPSA) is 84.2 Å². The summed E-state index contributed by atoms with van der Waals surface area (Å²) in [6.45, 7) is 1.97. The first kappa shape index (κ1) is 17.1. The number of carbonyl (C=O) groups is 2. The van der Waals surface area contributed by atoms with Crippen LogP contribution in [0, 0.1) is 5.82 Å². The zero-order chi connectivity index (χ0) is 15.7. The maximum Gasteiger partial charge on any atom is 0.224 e. The summed E-state index contributed by atoms with van der Waals surface area (Å²) in [5.74, 6) is -1.02. The lowest BCUT2D eigenvalue weighted by molar-refractivity contribution is -0.116. The minimum atomic E-state index is -0.537. The maximum atomic E-state index is 13.5. The highest BCUT2D eigenvalue weighted by Gasteiger charge is 2.07. The fourth-order valence-corrected chi connectivity index (χ4v) is 1.90. The van der Waals surface area contributed by atoms with Gasteiger partial charge in [-0.05, 0) is 37.6 Å². The van der Waals surface area contributed by atoms with Gasteiger partial charge in [0.25, 0.3) is 0 Å². The molecule has 0 aliphatic rings. The Bertz CT molecular complexity index is 492. The fraction of sp³-hybridized carbons (Fsp3) is 0.467. The Morgan fingerprint density at radius 2 is 1.86 bits per heavy atom. The van der Waals surface area contributed by atoms with Crippen LogP contribution in [0.4, 0.5) is 15.8 Å². The Labute approximate surface area is 124 Å². The zero-order valence-corrected chi connectivity index (χ0v) is 12.2. The quantitative estimate of drug-likeness (QED) is 0.645. The number of nitrogens with two attached hydrogens (primary N) is 1. The minimum absolute atomic E-state index is 0.0586. The first-order chi connectivity index (χ1) is 10.0. The number of unbranched alkanes of at least 4 members (excludes halogenated alkanes) is 3. The van der Waals surface area contributed by atoms with Gasteiger partial charge in [-0.1, -0.05) is 12.8 Å². The van der Waals surface area contributed by atoms with Gasteiger partial charge < -0.3 is 16.4 Å². The number of hydrogen-bond donors (Lipinski definition) is 3. The molecule has 2 amide bonds. The van der Waals surface area contributed by atoms with Crippen LogP contribution in [0.1, 0.15) is 39.0 Å². The molecule has 1 aromatic carbocycles. The van der Waals surface area contributed by atoms with E-state index in [2.05, 4.69) is 10.6 Å². The standard InChI is InChI=1S/C15H22FN3O2/c1-11(20)18-14-10-12(7-8-13(14)16)19-15(21)6-4-2-3-5-9-17/h7-8,10H,2-6,9,17H2,1H3,(H,18,20)(H,19,21). The molecular weight excluding hydrogens is 273 g/mol. The minimum Gasteiger partial charge on any atom is -0.330 e. The molecule has 0 unspecified atom stereocenters. The van der Waals surface area contributed by atoms with Crippen LogP contribution in [0.15, 0.2) is 18.2 Å². The van der Waals surface area contributed by atoms with Crippen LogP contribution >= 0.6 is 0 Å². The summed E-state index contributed by atoms with van der Waals surface area (Å²) in [5.41, 5.74) is 5.92. The van der Waals surface area contributed by atoms with Gasteiger partial charge in [0, 0.05) is 19.0 Å². The number of benzene rings is 1. The van der Waals surface area contributed by atoms with Crippen LogP contribution in [0.2, 0.25) is 0 Å². The molecule has 1 aromatic rings. The maximum absolute atomic E-state index is 13.5. The van der Waals surface area contributed by atoms with Crippen molar-refractivity contribution >= 4 is 23.2 Å². The van der Waals surface area contributed by atoms with E-state index in [1.807, 2.05) is 0 Å². The molecule has 0 spiro atoms. The molecule has 0 aliphatic heterocycles. The highest BCUT2D eigenvalue weighted by atomic mass is 19.1. The molecule has 5 nitrogen and oxygen atoms in total. The number of hydrogen-bond acceptors (Lipinski definition) is 3. The van der Waals surface area contributed by atoms with Gasteiger partial charge in [0.05, 0.1) is 5.69 Å². The van der Waals surface area contributed by atoms with E-state index < -0.39 is 5.82 Å². The van der Waals surface area contributed by atoms with Crippen molar-refractivity contribution in [3.05, 3.63) is 24.0 Å². The van der Waals surface area contributed by atoms with E-state index in [1.54, 1.807) is 0 Å². The molecule has 0 aliphatic carbocycles. The Kier molecular flexibility index (Phi) is 7.39. The molecule has 0 fully saturated rings. The van der Waals surface area contributed by atoms with Crippen LogP contribution in [-0.2, 0) is 9.59 Å². The molecule has 0 heterocycles. The molecule has 4 N–H and O–H groups in total. The molecule has 0 aromatic heterocycles. The molecular formula is C15H22FN3O2. The summed E-state index contributed by atoms with van der Waals surface area (Å²) in [5, 5.41) is 5.07. The SMILES string of the molecule is CC(=O)Nc1cc(NC(=O)CCCCCCN)ccc1F. The number of nitrogens with one attached hydrogen (secondary N) is 2. The summed E-state index contributed by atoms with van der Waals surface area (Å²) >= 11 is 0. The number of anilines is 2. The van der Waals surface area contributed by atoms with Gasteiger partial charge in [0.15, 0.2) is 0 Å². The molecule has 116 valence electrons. The Hall–Kier alpha value is -1.95. The molecule has 0 bridgehead atoms. The molecule has 0 radical (unpaired) electrons. The van der Waals surface area contributed by atoms with Gasteiger partial charge in [0.2, 0.25) is 11.8 Å². The largest absolute Gasteiger partial charge is 0.330 e. The predicted octanol–water partition coefficient (Wildman–Crippen LogP) is 2.63. The highest BCUT2D eigenvalue weighted by molar-refractivity contribution is 5.93. The van der Waals surface area contributed by atoms with Crippen LogP contribution in [0.25, 0.3) is 0 Å². The van der Waals surface area contributed by atoms with E-state index in [0.717, 1.165) is 25.7 Å². The second kappa shape index (κ2) is 9.07. The summed E-state index contributed by atoms with van der Waals surface area (Å²) < 4.78 is 13.5. The predicted molar refractivity (Wildman–Crippen MR) is 81.5 cm³/mol. The molecule has 1 rings (SSSR count). The van der Waals surface area contributed by atoms with E-state index in [4.69, 9.17) is 5.73 Å². The Morgan fingerprint density at radius 3 is 2.52 bits per heavy atom. The van der Waals surface area contributed by atoms with Crippen LogP contribution in [0.5, 0.6) is 0 Å². The van der Waals surface area contributed by atoms with Gasteiger partial charge in [-0.15, -0.1) is 0 Å². The summed E-state index contributed by atoms with van der Waals surface area (Å²) in [4.78, 5) is 22.7. The summed E-state index contributed by atoms with van der Waals surface area (Å²) in [7, 11) is 0. The fourth-order valence-electron chi connectivity index (χ4n) is 1.90. The molecule has 6 heteroatoms. The van der Waals surface area contributed by atoms with E-state index in [1.165, 1.54) is 25.1 Å². The summed E-state index contributed by atoms with van der Waals surface area (Å²) in [6.07, 6.45) is 4.17. The molecule has 0 saturated carbocycles. The lowest BCUT2D eigenvalue weighted by Gasteiger charge is -2.09. The number of rotatable bonds is 8. The van der Waals surface area contributed by atoms with E-state index >= 15 is 0 Å². The van der Waals surface area contributed by atoms with Gasteiger partial charge in [-0.2, -0.15) is 0 Å². The van der Waals surface area contributed by atoms with Crippen molar-refractivity contribution in [3.63, 3.8) is 0 Å². The van der Waals surface area contributed by atoms with Gasteiger partial charge in [-0.3, -0.25) is 9.59 Å². The van der Waals surface area contributed by atoms with Crippen LogP contribution in [0.3, 0.4) is 0 Å². The average molecular weight is 295 g/mol. The number of carbonyl (C=O) groups excluding carboxylic acids is 2. The van der Waals surface area contributed by atoms with Crippen molar-refractivity contribution in [2.75, 3.05) is 17.2 Å². The van der Waals surface area contributed by atoms with Crippen molar-refractivity contribution in [2.24, 2.45) is 5.73 Å². The van der Waals surface area contributed by atoms with Crippen molar-refractivity contribution in [2.45, 2.75) is 39.0 Å². The molecule has 0 atom stereocenters. The second-order valence-corrected chi connectivity index (χ2v) is 4.88. The van der Waals surface area contributed by atoms with Crippen molar-refractivity contribution in [1.82, 2.24) is 0 Å². The molecule has 0 saturated heterocycles. The Morgan fingerprint density at radius 1 is 1.14 bits per heavy atom.